The molecule has 0 unspecified atom stereocenters. The van der Waals surface area contributed by atoms with Crippen molar-refractivity contribution < 1.29 is 5.11 Å². The van der Waals surface area contributed by atoms with Gasteiger partial charge in [-0.05, 0) is 39.9 Å². The van der Waals surface area contributed by atoms with Crippen molar-refractivity contribution in [2.75, 3.05) is 0 Å². The van der Waals surface area contributed by atoms with Gasteiger partial charge in [-0.25, -0.2) is 0 Å². The molecule has 0 aliphatic carbocycles. The molecule has 0 saturated carbocycles. The maximum absolute atomic E-state index is 10.7. The Hall–Kier alpha value is -3.32. The van der Waals surface area contributed by atoms with E-state index in [1.165, 1.54) is 0 Å². The third kappa shape index (κ3) is 3.05. The molecule has 0 aliphatic rings. The smallest absolute Gasteiger partial charge is 0.124 e. The van der Waals surface area contributed by atoms with Crippen LogP contribution in [0.4, 0.5) is 0 Å². The van der Waals surface area contributed by atoms with Crippen molar-refractivity contribution in [3.8, 4) is 39.1 Å². The van der Waals surface area contributed by atoms with Gasteiger partial charge in [0.1, 0.15) is 5.75 Å². The second kappa shape index (κ2) is 6.66. The molecule has 0 aliphatic heterocycles. The van der Waals surface area contributed by atoms with E-state index < -0.39 is 0 Å². The molecule has 0 fully saturated rings. The summed E-state index contributed by atoms with van der Waals surface area (Å²) in [5.74, 6) is 0.296. The van der Waals surface area contributed by atoms with Gasteiger partial charge in [0.05, 0.1) is 0 Å². The van der Waals surface area contributed by atoms with E-state index in [0.717, 1.165) is 33.4 Å². The quantitative estimate of drug-likeness (QED) is 0.463. The van der Waals surface area contributed by atoms with Crippen molar-refractivity contribution in [2.24, 2.45) is 0 Å². The van der Waals surface area contributed by atoms with E-state index in [9.17, 15) is 5.11 Å². The molecule has 1 N–H and O–H groups in total. The summed E-state index contributed by atoms with van der Waals surface area (Å²) in [7, 11) is 0. The first-order chi connectivity index (χ1) is 12.3. The third-order valence-corrected chi connectivity index (χ3v) is 4.39. The Balaban J connectivity index is 1.98. The van der Waals surface area contributed by atoms with Gasteiger partial charge in [-0.15, -0.1) is 0 Å². The average molecular weight is 322 g/mol. The standard InChI is InChI=1S/C24H18O/c25-24-17-22(19-12-6-2-7-13-19)21(18-10-4-1-5-11-18)16-23(24)20-14-8-3-9-15-20/h1-17,25H. The molecular formula is C24H18O. The molecule has 1 nitrogen and oxygen atoms in total. The van der Waals surface area contributed by atoms with Crippen molar-refractivity contribution in [3.63, 3.8) is 0 Å². The summed E-state index contributed by atoms with van der Waals surface area (Å²) < 4.78 is 0. The molecule has 0 atom stereocenters. The first-order valence-electron chi connectivity index (χ1n) is 8.36. The molecule has 4 rings (SSSR count). The molecule has 0 aromatic heterocycles. The fourth-order valence-electron chi connectivity index (χ4n) is 3.15. The monoisotopic (exact) mass is 322 g/mol. The van der Waals surface area contributed by atoms with Crippen LogP contribution in [0.3, 0.4) is 0 Å². The lowest BCUT2D eigenvalue weighted by molar-refractivity contribution is 0.477. The maximum Gasteiger partial charge on any atom is 0.124 e. The molecule has 0 saturated heterocycles. The normalized spacial score (nSPS) is 10.6. The molecule has 0 amide bonds. The molecule has 0 bridgehead atoms. The number of phenolic OH excluding ortho intramolecular Hbond substituents is 1. The summed E-state index contributed by atoms with van der Waals surface area (Å²) in [5.41, 5.74) is 6.23. The van der Waals surface area contributed by atoms with E-state index >= 15 is 0 Å². The van der Waals surface area contributed by atoms with Crippen LogP contribution in [0, 0.1) is 0 Å². The predicted molar refractivity (Wildman–Crippen MR) is 104 cm³/mol. The van der Waals surface area contributed by atoms with Crippen molar-refractivity contribution in [1.82, 2.24) is 0 Å². The van der Waals surface area contributed by atoms with Crippen LogP contribution >= 0.6 is 0 Å². The van der Waals surface area contributed by atoms with Crippen molar-refractivity contribution in [3.05, 3.63) is 103 Å². The molecule has 0 radical (unpaired) electrons. The van der Waals surface area contributed by atoms with Gasteiger partial charge in [0, 0.05) is 5.56 Å². The van der Waals surface area contributed by atoms with Gasteiger partial charge in [-0.1, -0.05) is 91.0 Å². The SMILES string of the molecule is Oc1cc(-c2ccccc2)c(-c2ccccc2)cc1-c1ccccc1. The lowest BCUT2D eigenvalue weighted by Crippen LogP contribution is -1.88. The zero-order chi connectivity index (χ0) is 17.1. The van der Waals surface area contributed by atoms with Crippen molar-refractivity contribution in [2.45, 2.75) is 0 Å². The van der Waals surface area contributed by atoms with Crippen molar-refractivity contribution >= 4 is 0 Å². The van der Waals surface area contributed by atoms with Crippen LogP contribution in [0.25, 0.3) is 33.4 Å². The van der Waals surface area contributed by atoms with Crippen LogP contribution in [0.15, 0.2) is 103 Å². The molecule has 120 valence electrons. The molecule has 1 heteroatoms. The second-order valence-electron chi connectivity index (χ2n) is 6.01. The lowest BCUT2D eigenvalue weighted by atomic mass is 9.90. The Labute approximate surface area is 147 Å². The number of rotatable bonds is 3. The summed E-state index contributed by atoms with van der Waals surface area (Å²) in [6.45, 7) is 0. The molecule has 25 heavy (non-hydrogen) atoms. The summed E-state index contributed by atoms with van der Waals surface area (Å²) in [4.78, 5) is 0. The van der Waals surface area contributed by atoms with E-state index in [2.05, 4.69) is 30.3 Å². The fourth-order valence-corrected chi connectivity index (χ4v) is 3.15. The zero-order valence-corrected chi connectivity index (χ0v) is 13.8. The Morgan fingerprint density at radius 1 is 0.400 bits per heavy atom. The summed E-state index contributed by atoms with van der Waals surface area (Å²) >= 11 is 0. The van der Waals surface area contributed by atoms with Gasteiger partial charge in [0.15, 0.2) is 0 Å². The van der Waals surface area contributed by atoms with Crippen molar-refractivity contribution in [1.29, 1.82) is 0 Å². The van der Waals surface area contributed by atoms with Gasteiger partial charge in [-0.3, -0.25) is 0 Å². The highest BCUT2D eigenvalue weighted by atomic mass is 16.3. The summed E-state index contributed by atoms with van der Waals surface area (Å²) in [6.07, 6.45) is 0. The number of hydrogen-bond acceptors (Lipinski definition) is 1. The minimum Gasteiger partial charge on any atom is -0.507 e. The number of hydrogen-bond donors (Lipinski definition) is 1. The number of benzene rings is 4. The van der Waals surface area contributed by atoms with Crippen LogP contribution in [-0.2, 0) is 0 Å². The highest BCUT2D eigenvalue weighted by Crippen LogP contribution is 2.40. The highest BCUT2D eigenvalue weighted by Gasteiger charge is 2.13. The molecule has 0 heterocycles. The highest BCUT2D eigenvalue weighted by molar-refractivity contribution is 5.89. The Morgan fingerprint density at radius 2 is 0.760 bits per heavy atom. The van der Waals surface area contributed by atoms with Crippen LogP contribution in [0.5, 0.6) is 5.75 Å². The van der Waals surface area contributed by atoms with Gasteiger partial charge < -0.3 is 5.11 Å². The van der Waals surface area contributed by atoms with Gasteiger partial charge >= 0.3 is 0 Å². The maximum atomic E-state index is 10.7. The first kappa shape index (κ1) is 15.2. The van der Waals surface area contributed by atoms with E-state index in [1.807, 2.05) is 72.8 Å². The predicted octanol–water partition coefficient (Wildman–Crippen LogP) is 6.39. The Morgan fingerprint density at radius 3 is 1.20 bits per heavy atom. The van der Waals surface area contributed by atoms with E-state index in [4.69, 9.17) is 0 Å². The molecule has 4 aromatic rings. The van der Waals surface area contributed by atoms with Crippen LogP contribution < -0.4 is 0 Å². The molecule has 0 spiro atoms. The largest absolute Gasteiger partial charge is 0.507 e. The minimum absolute atomic E-state index is 0.296. The third-order valence-electron chi connectivity index (χ3n) is 4.39. The van der Waals surface area contributed by atoms with E-state index in [1.54, 1.807) is 0 Å². The first-order valence-corrected chi connectivity index (χ1v) is 8.36. The van der Waals surface area contributed by atoms with Crippen LogP contribution in [0.1, 0.15) is 0 Å². The summed E-state index contributed by atoms with van der Waals surface area (Å²) in [6, 6.07) is 34.5. The Kier molecular flexibility index (Phi) is 4.05. The second-order valence-corrected chi connectivity index (χ2v) is 6.01. The van der Waals surface area contributed by atoms with Gasteiger partial charge in [0.2, 0.25) is 0 Å². The average Bonchev–Trinajstić information content (AvgIpc) is 2.70. The van der Waals surface area contributed by atoms with E-state index in [0.29, 0.717) is 5.75 Å². The number of phenols is 1. The van der Waals surface area contributed by atoms with E-state index in [-0.39, 0.29) is 0 Å². The van der Waals surface area contributed by atoms with Gasteiger partial charge in [0.25, 0.3) is 0 Å². The number of aromatic hydroxyl groups is 1. The minimum atomic E-state index is 0.296. The fraction of sp³-hybridized carbons (Fsp3) is 0. The topological polar surface area (TPSA) is 20.2 Å². The lowest BCUT2D eigenvalue weighted by Gasteiger charge is -2.15. The zero-order valence-electron chi connectivity index (χ0n) is 13.8. The van der Waals surface area contributed by atoms with Crippen LogP contribution in [-0.4, -0.2) is 5.11 Å². The summed E-state index contributed by atoms with van der Waals surface area (Å²) in [5, 5.41) is 10.7. The van der Waals surface area contributed by atoms with Crippen LogP contribution in [0.2, 0.25) is 0 Å². The Bertz CT molecular complexity index is 974. The molecule has 4 aromatic carbocycles. The molecular weight excluding hydrogens is 304 g/mol. The van der Waals surface area contributed by atoms with Gasteiger partial charge in [-0.2, -0.15) is 0 Å².